The van der Waals surface area contributed by atoms with E-state index < -0.39 is 28.9 Å². The Labute approximate surface area is 120 Å². The first-order valence-electron chi connectivity index (χ1n) is 5.43. The number of aromatic nitrogens is 2. The van der Waals surface area contributed by atoms with E-state index >= 15 is 0 Å². The molecule has 0 saturated heterocycles. The lowest BCUT2D eigenvalue weighted by Crippen LogP contribution is -2.06. The molecule has 1 heterocycles. The minimum atomic E-state index is -3.12. The van der Waals surface area contributed by atoms with Crippen LogP contribution in [0.25, 0.3) is 11.3 Å². The van der Waals surface area contributed by atoms with Gasteiger partial charge in [-0.1, -0.05) is 11.6 Å². The summed E-state index contributed by atoms with van der Waals surface area (Å²) >= 11 is 5.84. The van der Waals surface area contributed by atoms with E-state index in [4.69, 9.17) is 11.6 Å². The fourth-order valence-electron chi connectivity index (χ4n) is 1.68. The molecule has 0 saturated carbocycles. The predicted molar refractivity (Wildman–Crippen MR) is 66.9 cm³/mol. The predicted octanol–water partition coefficient (Wildman–Crippen LogP) is 3.39. The molecule has 0 bridgehead atoms. The van der Waals surface area contributed by atoms with E-state index in [1.54, 1.807) is 0 Å². The van der Waals surface area contributed by atoms with Gasteiger partial charge in [-0.05, 0) is 6.07 Å². The molecule has 0 aliphatic rings. The van der Waals surface area contributed by atoms with Crippen LogP contribution in [0.15, 0.2) is 18.2 Å². The number of nitrogens with zero attached hydrogens (tertiary/aromatic N) is 3. The Bertz CT molecular complexity index is 706. The van der Waals surface area contributed by atoms with E-state index in [0.29, 0.717) is 6.07 Å². The zero-order valence-corrected chi connectivity index (χ0v) is 11.1. The van der Waals surface area contributed by atoms with Crippen molar-refractivity contribution in [1.82, 2.24) is 9.78 Å². The van der Waals surface area contributed by atoms with Crippen molar-refractivity contribution >= 4 is 17.3 Å². The lowest BCUT2D eigenvalue weighted by atomic mass is 10.1. The van der Waals surface area contributed by atoms with Gasteiger partial charge in [0, 0.05) is 18.7 Å². The molecular weight excluding hydrogens is 315 g/mol. The fourth-order valence-corrected chi connectivity index (χ4v) is 1.98. The lowest BCUT2D eigenvalue weighted by Gasteiger charge is -2.03. The van der Waals surface area contributed by atoms with Crippen molar-refractivity contribution in [1.29, 1.82) is 0 Å². The van der Waals surface area contributed by atoms with Crippen LogP contribution in [-0.4, -0.2) is 21.3 Å². The zero-order valence-electron chi connectivity index (χ0n) is 10.4. The lowest BCUT2D eigenvalue weighted by molar-refractivity contribution is -0.385. The van der Waals surface area contributed by atoms with Crippen molar-refractivity contribution in [3.05, 3.63) is 39.2 Å². The van der Waals surface area contributed by atoms with Crippen LogP contribution in [0, 0.1) is 15.9 Å². The average Bonchev–Trinajstić information content (AvgIpc) is 2.66. The first kappa shape index (κ1) is 15.1. The van der Waals surface area contributed by atoms with Crippen LogP contribution >= 0.6 is 11.6 Å². The number of alkyl halides is 2. The molecule has 0 aliphatic carbocycles. The molecule has 0 spiro atoms. The van der Waals surface area contributed by atoms with Crippen LogP contribution in [0.1, 0.15) is 0 Å². The van der Waals surface area contributed by atoms with E-state index in [1.807, 2.05) is 0 Å². The van der Waals surface area contributed by atoms with Crippen LogP contribution in [-0.2, 0) is 7.05 Å². The number of hydrogen-bond acceptors (Lipinski definition) is 4. The minimum Gasteiger partial charge on any atom is -0.416 e. The van der Waals surface area contributed by atoms with Gasteiger partial charge in [-0.25, -0.2) is 9.07 Å². The second-order valence-corrected chi connectivity index (χ2v) is 4.27. The molecule has 0 radical (unpaired) electrons. The molecule has 0 atom stereocenters. The monoisotopic (exact) mass is 321 g/mol. The highest BCUT2D eigenvalue weighted by Gasteiger charge is 2.23. The molecule has 0 fully saturated rings. The molecule has 21 heavy (non-hydrogen) atoms. The maximum atomic E-state index is 13.9. The van der Waals surface area contributed by atoms with Crippen molar-refractivity contribution in [2.24, 2.45) is 7.05 Å². The number of halogens is 4. The molecule has 1 aromatic heterocycles. The zero-order chi connectivity index (χ0) is 15.7. The highest BCUT2D eigenvalue weighted by molar-refractivity contribution is 6.34. The molecule has 0 aliphatic heterocycles. The summed E-state index contributed by atoms with van der Waals surface area (Å²) in [5.74, 6) is -1.38. The molecule has 2 aromatic rings. The normalized spacial score (nSPS) is 11.0. The quantitative estimate of drug-likeness (QED) is 0.639. The first-order chi connectivity index (χ1) is 9.81. The Morgan fingerprint density at radius 1 is 1.48 bits per heavy atom. The van der Waals surface area contributed by atoms with Gasteiger partial charge >= 0.3 is 6.61 Å². The van der Waals surface area contributed by atoms with Crippen molar-refractivity contribution in [3.8, 4) is 17.1 Å². The van der Waals surface area contributed by atoms with E-state index in [2.05, 4.69) is 9.84 Å². The van der Waals surface area contributed by atoms with E-state index in [0.717, 1.165) is 16.8 Å². The van der Waals surface area contributed by atoms with Gasteiger partial charge in [0.1, 0.15) is 16.5 Å². The number of nitro groups is 1. The number of benzene rings is 1. The molecule has 2 rings (SSSR count). The third-order valence-corrected chi connectivity index (χ3v) is 2.90. The standard InChI is InChI=1S/C11H7ClF3N3O3/c1-17-10(21-11(14)15)8(12)9(16-17)6-3-2-5(18(19)20)4-7(6)13/h2-4,11H,1H3. The van der Waals surface area contributed by atoms with Crippen LogP contribution in [0.5, 0.6) is 5.88 Å². The maximum Gasteiger partial charge on any atom is 0.388 e. The number of nitro benzene ring substituents is 1. The number of hydrogen-bond donors (Lipinski definition) is 0. The van der Waals surface area contributed by atoms with Crippen molar-refractivity contribution in [2.45, 2.75) is 6.61 Å². The molecular formula is C11H7ClF3N3O3. The summed E-state index contributed by atoms with van der Waals surface area (Å²) in [6, 6.07) is 2.83. The van der Waals surface area contributed by atoms with E-state index in [-0.39, 0.29) is 16.3 Å². The molecule has 10 heteroatoms. The van der Waals surface area contributed by atoms with E-state index in [1.165, 1.54) is 7.05 Å². The Balaban J connectivity index is 2.50. The summed E-state index contributed by atoms with van der Waals surface area (Å²) in [5.41, 5.74) is -0.764. The summed E-state index contributed by atoms with van der Waals surface area (Å²) in [7, 11) is 1.29. The molecule has 6 nitrogen and oxygen atoms in total. The Kier molecular flexibility index (Phi) is 4.03. The number of aryl methyl sites for hydroxylation is 1. The Hall–Kier alpha value is -2.29. The van der Waals surface area contributed by atoms with Gasteiger partial charge in [0.25, 0.3) is 5.69 Å². The molecule has 0 amide bonds. The third kappa shape index (κ3) is 2.92. The summed E-state index contributed by atoms with van der Waals surface area (Å²) < 4.78 is 43.5. The topological polar surface area (TPSA) is 70.2 Å². The maximum absolute atomic E-state index is 13.9. The molecule has 1 aromatic carbocycles. The molecule has 112 valence electrons. The SMILES string of the molecule is Cn1nc(-c2ccc([N+](=O)[O-])cc2F)c(Cl)c1OC(F)F. The average molecular weight is 322 g/mol. The summed E-state index contributed by atoms with van der Waals surface area (Å²) in [6.07, 6.45) is 0. The van der Waals surface area contributed by atoms with E-state index in [9.17, 15) is 23.3 Å². The summed E-state index contributed by atoms with van der Waals surface area (Å²) in [6.45, 7) is -3.12. The van der Waals surface area contributed by atoms with Gasteiger partial charge in [-0.2, -0.15) is 13.9 Å². The molecule has 0 unspecified atom stereocenters. The molecule has 0 N–H and O–H groups in total. The Morgan fingerprint density at radius 2 is 2.14 bits per heavy atom. The Morgan fingerprint density at radius 3 is 2.67 bits per heavy atom. The first-order valence-corrected chi connectivity index (χ1v) is 5.80. The second kappa shape index (κ2) is 5.60. The number of non-ortho nitro benzene ring substituents is 1. The highest BCUT2D eigenvalue weighted by Crippen LogP contribution is 2.37. The van der Waals surface area contributed by atoms with Crippen molar-refractivity contribution < 1.29 is 22.8 Å². The fraction of sp³-hybridized carbons (Fsp3) is 0.182. The van der Waals surface area contributed by atoms with Gasteiger partial charge in [0.05, 0.1) is 11.0 Å². The van der Waals surface area contributed by atoms with Crippen LogP contribution in [0.3, 0.4) is 0 Å². The minimum absolute atomic E-state index is 0.151. The van der Waals surface area contributed by atoms with Gasteiger partial charge in [0.2, 0.25) is 5.88 Å². The summed E-state index contributed by atoms with van der Waals surface area (Å²) in [4.78, 5) is 9.77. The van der Waals surface area contributed by atoms with Gasteiger partial charge in [-0.3, -0.25) is 10.1 Å². The van der Waals surface area contributed by atoms with Gasteiger partial charge in [0.15, 0.2) is 0 Å². The summed E-state index contributed by atoms with van der Waals surface area (Å²) in [5, 5.41) is 14.0. The van der Waals surface area contributed by atoms with Crippen molar-refractivity contribution in [2.75, 3.05) is 0 Å². The smallest absolute Gasteiger partial charge is 0.388 e. The highest BCUT2D eigenvalue weighted by atomic mass is 35.5. The third-order valence-electron chi connectivity index (χ3n) is 2.56. The largest absolute Gasteiger partial charge is 0.416 e. The van der Waals surface area contributed by atoms with Crippen LogP contribution in [0.2, 0.25) is 5.02 Å². The van der Waals surface area contributed by atoms with Gasteiger partial charge < -0.3 is 4.74 Å². The van der Waals surface area contributed by atoms with Crippen LogP contribution in [0.4, 0.5) is 18.9 Å². The van der Waals surface area contributed by atoms with Crippen molar-refractivity contribution in [3.63, 3.8) is 0 Å². The number of rotatable bonds is 4. The number of ether oxygens (including phenoxy) is 1. The second-order valence-electron chi connectivity index (χ2n) is 3.89. The van der Waals surface area contributed by atoms with Crippen LogP contribution < -0.4 is 4.74 Å². The van der Waals surface area contributed by atoms with Gasteiger partial charge in [-0.15, -0.1) is 0 Å².